The van der Waals surface area contributed by atoms with E-state index in [-0.39, 0.29) is 18.0 Å². The number of carbonyl (C=O) groups is 1. The molecule has 1 aliphatic carbocycles. The molecule has 1 fully saturated rings. The maximum atomic E-state index is 11.9. The molecule has 0 amide bonds. The second-order valence-electron chi connectivity index (χ2n) is 5.74. The molecule has 17 heavy (non-hydrogen) atoms. The molecule has 0 saturated heterocycles. The molecule has 3 heteroatoms. The molecule has 0 radical (unpaired) electrons. The minimum Gasteiger partial charge on any atom is -0.461 e. The quantitative estimate of drug-likeness (QED) is 0.770. The normalized spacial score (nSPS) is 32.9. The molecular weight excluding hydrogens is 214 g/mol. The first-order valence-electron chi connectivity index (χ1n) is 6.91. The first kappa shape index (κ1) is 14.5. The van der Waals surface area contributed by atoms with E-state index in [4.69, 9.17) is 10.5 Å². The van der Waals surface area contributed by atoms with E-state index in [0.717, 1.165) is 31.6 Å². The Morgan fingerprint density at radius 2 is 2.00 bits per heavy atom. The van der Waals surface area contributed by atoms with Crippen LogP contribution in [-0.2, 0) is 9.53 Å². The zero-order valence-corrected chi connectivity index (χ0v) is 11.6. The molecular formula is C14H27NO2. The van der Waals surface area contributed by atoms with Crippen LogP contribution in [0.5, 0.6) is 0 Å². The highest BCUT2D eigenvalue weighted by Gasteiger charge is 2.29. The topological polar surface area (TPSA) is 52.3 Å². The van der Waals surface area contributed by atoms with Crippen molar-refractivity contribution in [3.05, 3.63) is 0 Å². The van der Waals surface area contributed by atoms with Gasteiger partial charge in [-0.1, -0.05) is 34.1 Å². The zero-order valence-electron chi connectivity index (χ0n) is 11.6. The smallest absolute Gasteiger partial charge is 0.323 e. The Bertz CT molecular complexity index is 255. The third-order valence-corrected chi connectivity index (χ3v) is 4.36. The van der Waals surface area contributed by atoms with E-state index >= 15 is 0 Å². The number of hydrogen-bond donors (Lipinski definition) is 1. The van der Waals surface area contributed by atoms with Gasteiger partial charge in [0.2, 0.25) is 0 Å². The summed E-state index contributed by atoms with van der Waals surface area (Å²) in [5.41, 5.74) is 5.88. The average Bonchev–Trinajstić information content (AvgIpc) is 2.31. The first-order valence-corrected chi connectivity index (χ1v) is 6.91. The molecule has 2 N–H and O–H groups in total. The van der Waals surface area contributed by atoms with Gasteiger partial charge in [-0.2, -0.15) is 0 Å². The average molecular weight is 241 g/mol. The molecule has 5 atom stereocenters. The SMILES string of the molecule is CC[C@H](C)[C@H](N)C(=O)OC1CCC(C)C(C)C1. The van der Waals surface area contributed by atoms with Crippen molar-refractivity contribution in [2.75, 3.05) is 0 Å². The summed E-state index contributed by atoms with van der Waals surface area (Å²) in [6.45, 7) is 8.55. The van der Waals surface area contributed by atoms with Gasteiger partial charge in [0, 0.05) is 0 Å². The van der Waals surface area contributed by atoms with Crippen molar-refractivity contribution in [2.24, 2.45) is 23.5 Å². The molecule has 0 heterocycles. The standard InChI is InChI=1S/C14H27NO2/c1-5-9(2)13(15)14(16)17-12-7-6-10(3)11(4)8-12/h9-13H,5-8,15H2,1-4H3/t9-,10?,11?,12?,13-/m0/s1. The van der Waals surface area contributed by atoms with Gasteiger partial charge in [0.25, 0.3) is 0 Å². The van der Waals surface area contributed by atoms with Gasteiger partial charge in [-0.25, -0.2) is 0 Å². The van der Waals surface area contributed by atoms with Crippen LogP contribution < -0.4 is 5.73 Å². The summed E-state index contributed by atoms with van der Waals surface area (Å²) in [5, 5.41) is 0. The van der Waals surface area contributed by atoms with Crippen molar-refractivity contribution in [3.8, 4) is 0 Å². The van der Waals surface area contributed by atoms with Crippen molar-refractivity contribution < 1.29 is 9.53 Å². The molecule has 1 aliphatic rings. The number of hydrogen-bond acceptors (Lipinski definition) is 3. The van der Waals surface area contributed by atoms with Crippen LogP contribution in [0.3, 0.4) is 0 Å². The van der Waals surface area contributed by atoms with Crippen LogP contribution in [0.25, 0.3) is 0 Å². The van der Waals surface area contributed by atoms with E-state index in [9.17, 15) is 4.79 Å². The van der Waals surface area contributed by atoms with Crippen LogP contribution in [-0.4, -0.2) is 18.1 Å². The Balaban J connectivity index is 2.41. The van der Waals surface area contributed by atoms with E-state index in [2.05, 4.69) is 13.8 Å². The molecule has 0 aliphatic heterocycles. The largest absolute Gasteiger partial charge is 0.461 e. The van der Waals surface area contributed by atoms with Crippen LogP contribution in [0.4, 0.5) is 0 Å². The first-order chi connectivity index (χ1) is 7.95. The maximum absolute atomic E-state index is 11.9. The van der Waals surface area contributed by atoms with Crippen LogP contribution in [0.1, 0.15) is 53.4 Å². The van der Waals surface area contributed by atoms with Crippen LogP contribution in [0, 0.1) is 17.8 Å². The summed E-state index contributed by atoms with van der Waals surface area (Å²) in [5.74, 6) is 1.36. The number of esters is 1. The van der Waals surface area contributed by atoms with Crippen molar-refractivity contribution in [1.82, 2.24) is 0 Å². The maximum Gasteiger partial charge on any atom is 0.323 e. The lowest BCUT2D eigenvalue weighted by Crippen LogP contribution is -2.41. The third-order valence-electron chi connectivity index (χ3n) is 4.36. The highest BCUT2D eigenvalue weighted by atomic mass is 16.5. The van der Waals surface area contributed by atoms with Gasteiger partial charge in [0.05, 0.1) is 0 Å². The Hall–Kier alpha value is -0.570. The molecule has 0 aromatic carbocycles. The minimum absolute atomic E-state index is 0.0869. The molecule has 1 rings (SSSR count). The highest BCUT2D eigenvalue weighted by Crippen LogP contribution is 2.31. The summed E-state index contributed by atoms with van der Waals surface area (Å²) in [4.78, 5) is 11.9. The Labute approximate surface area is 105 Å². The molecule has 0 aromatic rings. The van der Waals surface area contributed by atoms with Crippen molar-refractivity contribution in [3.63, 3.8) is 0 Å². The van der Waals surface area contributed by atoms with Gasteiger partial charge in [0.15, 0.2) is 0 Å². The molecule has 0 aromatic heterocycles. The van der Waals surface area contributed by atoms with Gasteiger partial charge in [-0.05, 0) is 37.0 Å². The Morgan fingerprint density at radius 3 is 2.53 bits per heavy atom. The van der Waals surface area contributed by atoms with Crippen molar-refractivity contribution in [1.29, 1.82) is 0 Å². The number of carbonyl (C=O) groups excluding carboxylic acids is 1. The van der Waals surface area contributed by atoms with Crippen LogP contribution >= 0.6 is 0 Å². The van der Waals surface area contributed by atoms with E-state index < -0.39 is 6.04 Å². The second-order valence-corrected chi connectivity index (χ2v) is 5.74. The summed E-state index contributed by atoms with van der Waals surface area (Å²) in [6, 6.07) is -0.463. The summed E-state index contributed by atoms with van der Waals surface area (Å²) < 4.78 is 5.53. The fourth-order valence-corrected chi connectivity index (χ4v) is 2.33. The van der Waals surface area contributed by atoms with Gasteiger partial charge >= 0.3 is 5.97 Å². The van der Waals surface area contributed by atoms with E-state index in [1.807, 2.05) is 13.8 Å². The van der Waals surface area contributed by atoms with Crippen LogP contribution in [0.15, 0.2) is 0 Å². The number of rotatable bonds is 4. The zero-order chi connectivity index (χ0) is 13.0. The van der Waals surface area contributed by atoms with Crippen LogP contribution in [0.2, 0.25) is 0 Å². The predicted octanol–water partition coefficient (Wildman–Crippen LogP) is 2.73. The number of nitrogens with two attached hydrogens (primary N) is 1. The monoisotopic (exact) mass is 241 g/mol. The predicted molar refractivity (Wildman–Crippen MR) is 69.5 cm³/mol. The van der Waals surface area contributed by atoms with E-state index in [1.54, 1.807) is 0 Å². The Morgan fingerprint density at radius 1 is 1.35 bits per heavy atom. The second kappa shape index (κ2) is 6.39. The molecule has 0 spiro atoms. The molecule has 1 saturated carbocycles. The Kier molecular flexibility index (Phi) is 5.44. The van der Waals surface area contributed by atoms with Crippen molar-refractivity contribution in [2.45, 2.75) is 65.5 Å². The fourth-order valence-electron chi connectivity index (χ4n) is 2.33. The summed E-state index contributed by atoms with van der Waals surface area (Å²) in [7, 11) is 0. The van der Waals surface area contributed by atoms with Gasteiger partial charge < -0.3 is 10.5 Å². The molecule has 3 nitrogen and oxygen atoms in total. The minimum atomic E-state index is -0.463. The lowest BCUT2D eigenvalue weighted by Gasteiger charge is -2.32. The molecule has 3 unspecified atom stereocenters. The van der Waals surface area contributed by atoms with E-state index in [1.165, 1.54) is 0 Å². The highest BCUT2D eigenvalue weighted by molar-refractivity contribution is 5.76. The third kappa shape index (κ3) is 3.98. The van der Waals surface area contributed by atoms with E-state index in [0.29, 0.717) is 5.92 Å². The summed E-state index contributed by atoms with van der Waals surface area (Å²) >= 11 is 0. The van der Waals surface area contributed by atoms with Gasteiger partial charge in [0.1, 0.15) is 12.1 Å². The molecule has 100 valence electrons. The van der Waals surface area contributed by atoms with Crippen molar-refractivity contribution >= 4 is 5.97 Å². The number of ether oxygens (including phenoxy) is 1. The van der Waals surface area contributed by atoms with Gasteiger partial charge in [-0.3, -0.25) is 4.79 Å². The van der Waals surface area contributed by atoms with Gasteiger partial charge in [-0.15, -0.1) is 0 Å². The summed E-state index contributed by atoms with van der Waals surface area (Å²) in [6.07, 6.45) is 4.13. The lowest BCUT2D eigenvalue weighted by molar-refractivity contribution is -0.154. The molecule has 0 bridgehead atoms. The lowest BCUT2D eigenvalue weighted by atomic mass is 9.80. The fraction of sp³-hybridized carbons (Fsp3) is 0.929.